The van der Waals surface area contributed by atoms with Crippen molar-refractivity contribution in [1.82, 2.24) is 15.3 Å². The van der Waals surface area contributed by atoms with Gasteiger partial charge in [0.15, 0.2) is 0 Å². The van der Waals surface area contributed by atoms with Crippen molar-refractivity contribution >= 4 is 11.7 Å². The SMILES string of the molecule is CC(C)(C)C(=O)NCC1(F)CCN(c2ccnc(C(C)(C)C)n2)CC1. The van der Waals surface area contributed by atoms with Crippen LogP contribution in [0.4, 0.5) is 10.2 Å². The Kier molecular flexibility index (Phi) is 5.40. The van der Waals surface area contributed by atoms with Gasteiger partial charge in [0.25, 0.3) is 0 Å². The van der Waals surface area contributed by atoms with Gasteiger partial charge in [-0.2, -0.15) is 0 Å². The summed E-state index contributed by atoms with van der Waals surface area (Å²) in [6, 6.07) is 1.88. The number of hydrogen-bond donors (Lipinski definition) is 1. The van der Waals surface area contributed by atoms with Crippen LogP contribution in [-0.4, -0.2) is 41.2 Å². The first-order valence-corrected chi connectivity index (χ1v) is 8.96. The Hall–Kier alpha value is -1.72. The first-order valence-electron chi connectivity index (χ1n) is 8.96. The molecular weight excluding hydrogens is 319 g/mol. The quantitative estimate of drug-likeness (QED) is 0.909. The van der Waals surface area contributed by atoms with E-state index in [1.54, 1.807) is 6.20 Å². The van der Waals surface area contributed by atoms with Crippen LogP contribution in [0, 0.1) is 5.41 Å². The van der Waals surface area contributed by atoms with Gasteiger partial charge in [-0.3, -0.25) is 4.79 Å². The molecule has 5 nitrogen and oxygen atoms in total. The van der Waals surface area contributed by atoms with Gasteiger partial charge in [0.1, 0.15) is 17.3 Å². The molecule has 0 aliphatic carbocycles. The molecular formula is C19H31FN4O. The van der Waals surface area contributed by atoms with E-state index in [-0.39, 0.29) is 17.9 Å². The number of anilines is 1. The molecule has 0 radical (unpaired) electrons. The number of aromatic nitrogens is 2. The largest absolute Gasteiger partial charge is 0.356 e. The fourth-order valence-corrected chi connectivity index (χ4v) is 2.70. The number of nitrogens with one attached hydrogen (secondary N) is 1. The summed E-state index contributed by atoms with van der Waals surface area (Å²) in [6.45, 7) is 13.0. The van der Waals surface area contributed by atoms with Gasteiger partial charge >= 0.3 is 0 Å². The fraction of sp³-hybridized carbons (Fsp3) is 0.737. The molecule has 25 heavy (non-hydrogen) atoms. The standard InChI is InChI=1S/C19H31FN4O/c1-17(2,3)15-21-10-7-14(23-15)24-11-8-19(20,9-12-24)13-22-16(25)18(4,5)6/h7,10H,8-9,11-13H2,1-6H3,(H,22,25). The minimum absolute atomic E-state index is 0.0773. The Morgan fingerprint density at radius 2 is 1.84 bits per heavy atom. The molecule has 0 aromatic carbocycles. The molecule has 1 aliphatic heterocycles. The van der Waals surface area contributed by atoms with Crippen LogP contribution in [0.25, 0.3) is 0 Å². The number of rotatable bonds is 3. The van der Waals surface area contributed by atoms with Crippen molar-refractivity contribution in [1.29, 1.82) is 0 Å². The van der Waals surface area contributed by atoms with Crippen LogP contribution in [0.1, 0.15) is 60.2 Å². The topological polar surface area (TPSA) is 58.1 Å². The molecule has 1 aromatic rings. The Labute approximate surface area is 150 Å². The fourth-order valence-electron chi connectivity index (χ4n) is 2.70. The number of piperidine rings is 1. The van der Waals surface area contributed by atoms with Gasteiger partial charge < -0.3 is 10.2 Å². The van der Waals surface area contributed by atoms with Crippen LogP contribution in [-0.2, 0) is 10.2 Å². The van der Waals surface area contributed by atoms with Crippen molar-refractivity contribution in [2.75, 3.05) is 24.5 Å². The molecule has 2 heterocycles. The Balaban J connectivity index is 1.96. The van der Waals surface area contributed by atoms with Gasteiger partial charge in [-0.15, -0.1) is 0 Å². The third-order valence-corrected chi connectivity index (χ3v) is 4.54. The molecule has 1 N–H and O–H groups in total. The first-order chi connectivity index (χ1) is 11.4. The van der Waals surface area contributed by atoms with E-state index in [0.29, 0.717) is 25.9 Å². The molecule has 1 amide bonds. The molecule has 0 atom stereocenters. The predicted octanol–water partition coefficient (Wildman–Crippen LogP) is 3.24. The summed E-state index contributed by atoms with van der Waals surface area (Å²) in [7, 11) is 0. The third-order valence-electron chi connectivity index (χ3n) is 4.54. The van der Waals surface area contributed by atoms with Crippen molar-refractivity contribution in [2.24, 2.45) is 5.41 Å². The lowest BCUT2D eigenvalue weighted by molar-refractivity contribution is -0.129. The average molecular weight is 350 g/mol. The van der Waals surface area contributed by atoms with Crippen molar-refractivity contribution in [3.63, 3.8) is 0 Å². The van der Waals surface area contributed by atoms with E-state index in [2.05, 4.69) is 41.0 Å². The summed E-state index contributed by atoms with van der Waals surface area (Å²) in [5.74, 6) is 1.53. The minimum atomic E-state index is -1.35. The van der Waals surface area contributed by atoms with E-state index in [4.69, 9.17) is 0 Å². The Morgan fingerprint density at radius 3 is 2.36 bits per heavy atom. The lowest BCUT2D eigenvalue weighted by atomic mass is 9.91. The number of carbonyl (C=O) groups excluding carboxylic acids is 1. The Morgan fingerprint density at radius 1 is 1.24 bits per heavy atom. The first kappa shape index (κ1) is 19.6. The highest BCUT2D eigenvalue weighted by atomic mass is 19.1. The number of nitrogens with zero attached hydrogens (tertiary/aromatic N) is 3. The van der Waals surface area contributed by atoms with Crippen LogP contribution in [0.15, 0.2) is 12.3 Å². The Bertz CT molecular complexity index is 611. The molecule has 1 saturated heterocycles. The molecule has 1 fully saturated rings. The zero-order valence-electron chi connectivity index (χ0n) is 16.3. The van der Waals surface area contributed by atoms with Crippen molar-refractivity contribution in [3.05, 3.63) is 18.1 Å². The zero-order chi connectivity index (χ0) is 18.9. The van der Waals surface area contributed by atoms with E-state index in [9.17, 15) is 4.79 Å². The lowest BCUT2D eigenvalue weighted by Crippen LogP contribution is -2.50. The van der Waals surface area contributed by atoms with E-state index in [1.807, 2.05) is 26.8 Å². The van der Waals surface area contributed by atoms with Crippen LogP contribution >= 0.6 is 0 Å². The highest BCUT2D eigenvalue weighted by molar-refractivity contribution is 5.81. The van der Waals surface area contributed by atoms with Gasteiger partial charge in [-0.25, -0.2) is 14.4 Å². The van der Waals surface area contributed by atoms with Gasteiger partial charge in [-0.05, 0) is 6.07 Å². The molecule has 0 saturated carbocycles. The minimum Gasteiger partial charge on any atom is -0.356 e. The number of amides is 1. The predicted molar refractivity (Wildman–Crippen MR) is 98.5 cm³/mol. The highest BCUT2D eigenvalue weighted by Crippen LogP contribution is 2.29. The van der Waals surface area contributed by atoms with E-state index in [0.717, 1.165) is 11.6 Å². The number of alkyl halides is 1. The van der Waals surface area contributed by atoms with E-state index >= 15 is 4.39 Å². The molecule has 1 aromatic heterocycles. The van der Waals surface area contributed by atoms with Crippen molar-refractivity contribution in [2.45, 2.75) is 65.5 Å². The number of carbonyl (C=O) groups is 1. The maximum atomic E-state index is 15.0. The molecule has 2 rings (SSSR count). The zero-order valence-corrected chi connectivity index (χ0v) is 16.3. The summed E-state index contributed by atoms with van der Waals surface area (Å²) in [5.41, 5.74) is -1.97. The van der Waals surface area contributed by atoms with Crippen molar-refractivity contribution in [3.8, 4) is 0 Å². The smallest absolute Gasteiger partial charge is 0.225 e. The van der Waals surface area contributed by atoms with E-state index in [1.165, 1.54) is 0 Å². The third kappa shape index (κ3) is 5.13. The van der Waals surface area contributed by atoms with Crippen LogP contribution in [0.3, 0.4) is 0 Å². The van der Waals surface area contributed by atoms with Gasteiger partial charge in [0.05, 0.1) is 6.54 Å². The molecule has 0 bridgehead atoms. The van der Waals surface area contributed by atoms with Gasteiger partial charge in [-0.1, -0.05) is 41.5 Å². The van der Waals surface area contributed by atoms with Crippen LogP contribution < -0.4 is 10.2 Å². The lowest BCUT2D eigenvalue weighted by Gasteiger charge is -2.37. The maximum Gasteiger partial charge on any atom is 0.225 e. The summed E-state index contributed by atoms with van der Waals surface area (Å²) in [5, 5.41) is 2.76. The maximum absolute atomic E-state index is 15.0. The second-order valence-electron chi connectivity index (χ2n) is 9.06. The van der Waals surface area contributed by atoms with Crippen LogP contribution in [0.5, 0.6) is 0 Å². The molecule has 6 heteroatoms. The number of hydrogen-bond acceptors (Lipinski definition) is 4. The average Bonchev–Trinajstić information content (AvgIpc) is 2.52. The number of halogens is 1. The summed E-state index contributed by atoms with van der Waals surface area (Å²) in [4.78, 5) is 23.1. The highest BCUT2D eigenvalue weighted by Gasteiger charge is 2.36. The molecule has 140 valence electrons. The monoisotopic (exact) mass is 350 g/mol. The molecule has 0 unspecified atom stereocenters. The van der Waals surface area contributed by atoms with Crippen molar-refractivity contribution < 1.29 is 9.18 Å². The molecule has 0 spiro atoms. The summed E-state index contributed by atoms with van der Waals surface area (Å²) in [6.07, 6.45) is 2.53. The van der Waals surface area contributed by atoms with E-state index < -0.39 is 11.1 Å². The second-order valence-corrected chi connectivity index (χ2v) is 9.06. The van der Waals surface area contributed by atoms with Gasteiger partial charge in [0, 0.05) is 43.0 Å². The second kappa shape index (κ2) is 6.89. The van der Waals surface area contributed by atoms with Crippen LogP contribution in [0.2, 0.25) is 0 Å². The summed E-state index contributed by atoms with van der Waals surface area (Å²) >= 11 is 0. The normalized spacial score (nSPS) is 18.1. The van der Waals surface area contributed by atoms with Gasteiger partial charge in [0.2, 0.25) is 5.91 Å². The molecule has 1 aliphatic rings. The summed E-state index contributed by atoms with van der Waals surface area (Å²) < 4.78 is 15.0.